The summed E-state index contributed by atoms with van der Waals surface area (Å²) in [6.45, 7) is 5.24. The molecular formula is C14H18O4. The summed E-state index contributed by atoms with van der Waals surface area (Å²) >= 11 is 0. The monoisotopic (exact) mass is 250 g/mol. The van der Waals surface area contributed by atoms with E-state index in [1.807, 2.05) is 0 Å². The van der Waals surface area contributed by atoms with Crippen LogP contribution in [-0.2, 0) is 9.53 Å². The van der Waals surface area contributed by atoms with E-state index in [9.17, 15) is 9.59 Å². The fourth-order valence-electron chi connectivity index (χ4n) is 1.38. The van der Waals surface area contributed by atoms with Gasteiger partial charge in [0.2, 0.25) is 0 Å². The van der Waals surface area contributed by atoms with Crippen molar-refractivity contribution in [1.82, 2.24) is 0 Å². The second kappa shape index (κ2) is 5.67. The van der Waals surface area contributed by atoms with Crippen molar-refractivity contribution in [1.29, 1.82) is 0 Å². The highest BCUT2D eigenvalue weighted by molar-refractivity contribution is 5.94. The Balaban J connectivity index is 2.64. The second-order valence-corrected chi connectivity index (χ2v) is 4.74. The normalized spacial score (nSPS) is 10.9. The lowest BCUT2D eigenvalue weighted by Gasteiger charge is -2.21. The van der Waals surface area contributed by atoms with E-state index in [1.54, 1.807) is 38.1 Å². The molecule has 0 aliphatic rings. The third-order valence-corrected chi connectivity index (χ3v) is 2.60. The van der Waals surface area contributed by atoms with Gasteiger partial charge in [-0.3, -0.25) is 9.59 Å². The van der Waals surface area contributed by atoms with E-state index < -0.39 is 5.41 Å². The molecule has 0 N–H and O–H groups in total. The van der Waals surface area contributed by atoms with Gasteiger partial charge in [-0.1, -0.05) is 0 Å². The molecule has 0 heterocycles. The average molecular weight is 250 g/mol. The van der Waals surface area contributed by atoms with Gasteiger partial charge in [-0.05, 0) is 45.0 Å². The zero-order chi connectivity index (χ0) is 13.8. The Labute approximate surface area is 107 Å². The van der Waals surface area contributed by atoms with Gasteiger partial charge in [0.15, 0.2) is 5.78 Å². The molecule has 98 valence electrons. The number of benzene rings is 1. The summed E-state index contributed by atoms with van der Waals surface area (Å²) in [4.78, 5) is 22.6. The summed E-state index contributed by atoms with van der Waals surface area (Å²) in [5, 5.41) is 0. The number of Topliss-reactive ketones (excluding diaryl/α,β-unsaturated/α-hetero) is 1. The van der Waals surface area contributed by atoms with Gasteiger partial charge in [0.25, 0.3) is 0 Å². The van der Waals surface area contributed by atoms with E-state index >= 15 is 0 Å². The molecule has 0 spiro atoms. The van der Waals surface area contributed by atoms with Crippen LogP contribution in [0.2, 0.25) is 0 Å². The van der Waals surface area contributed by atoms with Crippen molar-refractivity contribution < 1.29 is 19.1 Å². The van der Waals surface area contributed by atoms with Crippen molar-refractivity contribution in [2.75, 3.05) is 13.7 Å². The maximum atomic E-state index is 11.5. The van der Waals surface area contributed by atoms with Crippen LogP contribution in [0, 0.1) is 5.41 Å². The molecule has 0 bridgehead atoms. The topological polar surface area (TPSA) is 52.6 Å². The molecule has 0 aromatic heterocycles. The predicted molar refractivity (Wildman–Crippen MR) is 67.7 cm³/mol. The number of methoxy groups -OCH3 is 1. The summed E-state index contributed by atoms with van der Waals surface area (Å²) in [5.74, 6) is 0.316. The molecule has 0 aliphatic heterocycles. The van der Waals surface area contributed by atoms with Gasteiger partial charge >= 0.3 is 5.97 Å². The summed E-state index contributed by atoms with van der Waals surface area (Å²) in [5.41, 5.74) is -0.0665. The van der Waals surface area contributed by atoms with E-state index in [-0.39, 0.29) is 18.4 Å². The van der Waals surface area contributed by atoms with Crippen LogP contribution in [0.4, 0.5) is 0 Å². The lowest BCUT2D eigenvalue weighted by atomic mass is 9.95. The van der Waals surface area contributed by atoms with Crippen molar-refractivity contribution >= 4 is 11.8 Å². The highest BCUT2D eigenvalue weighted by Crippen LogP contribution is 2.20. The highest BCUT2D eigenvalue weighted by Gasteiger charge is 2.29. The number of ether oxygens (including phenoxy) is 2. The third kappa shape index (κ3) is 3.58. The molecule has 0 unspecified atom stereocenters. The van der Waals surface area contributed by atoms with Gasteiger partial charge in [-0.15, -0.1) is 0 Å². The first-order valence-electron chi connectivity index (χ1n) is 5.69. The van der Waals surface area contributed by atoms with Crippen molar-refractivity contribution in [2.45, 2.75) is 20.8 Å². The Kier molecular flexibility index (Phi) is 4.48. The molecular weight excluding hydrogens is 232 g/mol. The van der Waals surface area contributed by atoms with Crippen LogP contribution in [-0.4, -0.2) is 25.5 Å². The summed E-state index contributed by atoms with van der Waals surface area (Å²) in [6, 6.07) is 6.82. The molecule has 0 atom stereocenters. The second-order valence-electron chi connectivity index (χ2n) is 4.74. The first kappa shape index (κ1) is 14.2. The van der Waals surface area contributed by atoms with Gasteiger partial charge < -0.3 is 9.47 Å². The zero-order valence-corrected chi connectivity index (χ0v) is 11.1. The van der Waals surface area contributed by atoms with Gasteiger partial charge in [-0.2, -0.15) is 0 Å². The minimum absolute atomic E-state index is 0.0106. The van der Waals surface area contributed by atoms with Gasteiger partial charge in [-0.25, -0.2) is 0 Å². The molecule has 0 aliphatic carbocycles. The van der Waals surface area contributed by atoms with Crippen molar-refractivity contribution in [2.24, 2.45) is 5.41 Å². The Morgan fingerprint density at radius 1 is 1.17 bits per heavy atom. The Bertz CT molecular complexity index is 432. The first-order valence-corrected chi connectivity index (χ1v) is 5.69. The molecule has 1 rings (SSSR count). The Morgan fingerprint density at radius 2 is 1.72 bits per heavy atom. The maximum absolute atomic E-state index is 11.5. The van der Waals surface area contributed by atoms with E-state index in [2.05, 4.69) is 0 Å². The van der Waals surface area contributed by atoms with E-state index in [0.29, 0.717) is 11.3 Å². The van der Waals surface area contributed by atoms with Gasteiger partial charge in [0, 0.05) is 5.56 Å². The van der Waals surface area contributed by atoms with Crippen LogP contribution >= 0.6 is 0 Å². The predicted octanol–water partition coefficient (Wildman–Crippen LogP) is 2.47. The van der Waals surface area contributed by atoms with Crippen LogP contribution in [0.25, 0.3) is 0 Å². The molecule has 0 amide bonds. The molecule has 0 fully saturated rings. The molecule has 4 nitrogen and oxygen atoms in total. The van der Waals surface area contributed by atoms with Crippen LogP contribution in [0.15, 0.2) is 24.3 Å². The first-order chi connectivity index (χ1) is 8.36. The van der Waals surface area contributed by atoms with Gasteiger partial charge in [0.1, 0.15) is 12.4 Å². The molecule has 4 heteroatoms. The number of carbonyl (C=O) groups excluding carboxylic acids is 2. The number of carbonyl (C=O) groups is 2. The van der Waals surface area contributed by atoms with Crippen molar-refractivity contribution in [3.05, 3.63) is 29.8 Å². The lowest BCUT2D eigenvalue weighted by molar-refractivity contribution is -0.152. The van der Waals surface area contributed by atoms with E-state index in [4.69, 9.17) is 9.47 Å². The van der Waals surface area contributed by atoms with Crippen LogP contribution in [0.3, 0.4) is 0 Å². The minimum Gasteiger partial charge on any atom is -0.492 e. The third-order valence-electron chi connectivity index (χ3n) is 2.60. The van der Waals surface area contributed by atoms with Crippen molar-refractivity contribution in [3.8, 4) is 5.75 Å². The molecule has 0 saturated heterocycles. The number of hydrogen-bond acceptors (Lipinski definition) is 4. The molecule has 1 aromatic rings. The lowest BCUT2D eigenvalue weighted by Crippen LogP contribution is -2.32. The smallest absolute Gasteiger partial charge is 0.314 e. The molecule has 1 aromatic carbocycles. The largest absolute Gasteiger partial charge is 0.492 e. The van der Waals surface area contributed by atoms with Crippen LogP contribution < -0.4 is 4.74 Å². The maximum Gasteiger partial charge on any atom is 0.314 e. The zero-order valence-electron chi connectivity index (χ0n) is 11.1. The average Bonchev–Trinajstić information content (AvgIpc) is 2.35. The number of esters is 1. The molecule has 0 saturated carbocycles. The van der Waals surface area contributed by atoms with Crippen molar-refractivity contribution in [3.63, 3.8) is 0 Å². The quantitative estimate of drug-likeness (QED) is 0.595. The molecule has 18 heavy (non-hydrogen) atoms. The Morgan fingerprint density at radius 3 is 2.17 bits per heavy atom. The fraction of sp³-hybridized carbons (Fsp3) is 0.429. The number of rotatable bonds is 5. The fourth-order valence-corrected chi connectivity index (χ4v) is 1.38. The summed E-state index contributed by atoms with van der Waals surface area (Å²) in [7, 11) is 1.35. The van der Waals surface area contributed by atoms with E-state index in [0.717, 1.165) is 0 Å². The minimum atomic E-state index is -0.700. The number of ketones is 1. The van der Waals surface area contributed by atoms with Crippen LogP contribution in [0.1, 0.15) is 31.1 Å². The Hall–Kier alpha value is -1.84. The standard InChI is InChI=1S/C14H18O4/c1-10(15)11-5-7-12(8-6-11)18-9-14(2,3)13(16)17-4/h5-8H,9H2,1-4H3. The summed E-state index contributed by atoms with van der Waals surface area (Å²) in [6.07, 6.45) is 0. The van der Waals surface area contributed by atoms with Crippen LogP contribution in [0.5, 0.6) is 5.75 Å². The SMILES string of the molecule is COC(=O)C(C)(C)COc1ccc(C(C)=O)cc1. The van der Waals surface area contributed by atoms with E-state index in [1.165, 1.54) is 14.0 Å². The summed E-state index contributed by atoms with van der Waals surface area (Å²) < 4.78 is 10.2. The molecule has 0 radical (unpaired) electrons. The number of hydrogen-bond donors (Lipinski definition) is 0. The highest BCUT2D eigenvalue weighted by atomic mass is 16.5. The van der Waals surface area contributed by atoms with Gasteiger partial charge in [0.05, 0.1) is 12.5 Å².